The molecule has 1 saturated heterocycles. The van der Waals surface area contributed by atoms with Crippen LogP contribution in [0.3, 0.4) is 0 Å². The molecular formula is C12H17N5S. The topological polar surface area (TPSA) is 55.1 Å². The number of aromatic nitrogens is 4. The second-order valence-electron chi connectivity index (χ2n) is 4.68. The van der Waals surface area contributed by atoms with Crippen LogP contribution in [0.4, 0.5) is 0 Å². The van der Waals surface area contributed by atoms with Crippen LogP contribution in [-0.4, -0.2) is 43.7 Å². The van der Waals surface area contributed by atoms with Crippen molar-refractivity contribution < 1.29 is 0 Å². The highest BCUT2D eigenvalue weighted by Gasteiger charge is 2.17. The van der Waals surface area contributed by atoms with E-state index in [1.54, 1.807) is 0 Å². The van der Waals surface area contributed by atoms with Crippen LogP contribution in [0.5, 0.6) is 0 Å². The monoisotopic (exact) mass is 263 g/mol. The third-order valence-corrected chi connectivity index (χ3v) is 4.31. The predicted molar refractivity (Wildman–Crippen MR) is 73.1 cm³/mol. The summed E-state index contributed by atoms with van der Waals surface area (Å²) in [5, 5.41) is 12.1. The van der Waals surface area contributed by atoms with Gasteiger partial charge in [-0.3, -0.25) is 4.40 Å². The van der Waals surface area contributed by atoms with Crippen LogP contribution < -0.4 is 5.32 Å². The number of nitrogens with zero attached hydrogens (tertiary/aromatic N) is 4. The molecule has 0 radical (unpaired) electrons. The Morgan fingerprint density at radius 2 is 2.33 bits per heavy atom. The Morgan fingerprint density at radius 1 is 1.44 bits per heavy atom. The summed E-state index contributed by atoms with van der Waals surface area (Å²) in [6.07, 6.45) is 0.916. The van der Waals surface area contributed by atoms with E-state index in [-0.39, 0.29) is 0 Å². The maximum Gasteiger partial charge on any atom is 0.164 e. The summed E-state index contributed by atoms with van der Waals surface area (Å²) in [7, 11) is 0. The molecule has 0 aliphatic carbocycles. The van der Waals surface area contributed by atoms with Gasteiger partial charge in [-0.1, -0.05) is 0 Å². The Balaban J connectivity index is 1.92. The molecular weight excluding hydrogens is 246 g/mol. The smallest absolute Gasteiger partial charge is 0.164 e. The largest absolute Gasteiger partial charge is 0.312 e. The van der Waals surface area contributed by atoms with E-state index in [2.05, 4.69) is 24.9 Å². The van der Waals surface area contributed by atoms with Gasteiger partial charge in [-0.15, -0.1) is 10.2 Å². The van der Waals surface area contributed by atoms with Gasteiger partial charge >= 0.3 is 0 Å². The average Bonchev–Trinajstić information content (AvgIpc) is 2.73. The van der Waals surface area contributed by atoms with E-state index >= 15 is 0 Å². The Labute approximate surface area is 110 Å². The molecule has 3 rings (SSSR count). The quantitative estimate of drug-likeness (QED) is 0.875. The zero-order valence-corrected chi connectivity index (χ0v) is 11.5. The molecule has 0 bridgehead atoms. The summed E-state index contributed by atoms with van der Waals surface area (Å²) in [6.45, 7) is 5.08. The highest BCUT2D eigenvalue weighted by molar-refractivity contribution is 7.99. The minimum absolute atomic E-state index is 0.497. The van der Waals surface area contributed by atoms with Gasteiger partial charge in [0.2, 0.25) is 0 Å². The van der Waals surface area contributed by atoms with Gasteiger partial charge in [-0.05, 0) is 13.8 Å². The summed E-state index contributed by atoms with van der Waals surface area (Å²) in [6, 6.07) is 2.48. The number of rotatable bonds is 2. The van der Waals surface area contributed by atoms with Crippen LogP contribution in [-0.2, 0) is 6.42 Å². The van der Waals surface area contributed by atoms with Gasteiger partial charge in [0.05, 0.1) is 0 Å². The van der Waals surface area contributed by atoms with Gasteiger partial charge in [0.15, 0.2) is 5.65 Å². The first-order chi connectivity index (χ1) is 8.74. The molecule has 0 spiro atoms. The Hall–Kier alpha value is -1.14. The van der Waals surface area contributed by atoms with Crippen molar-refractivity contribution in [1.29, 1.82) is 0 Å². The number of hydrogen-bond donors (Lipinski definition) is 1. The van der Waals surface area contributed by atoms with E-state index in [4.69, 9.17) is 0 Å². The first-order valence-electron chi connectivity index (χ1n) is 6.23. The lowest BCUT2D eigenvalue weighted by atomic mass is 10.2. The third kappa shape index (κ3) is 2.22. The van der Waals surface area contributed by atoms with Crippen LogP contribution in [0.2, 0.25) is 0 Å². The SMILES string of the molecule is Cc1cc2nnc(CC3CSCCN3)n2c(C)n1. The molecule has 0 saturated carbocycles. The summed E-state index contributed by atoms with van der Waals surface area (Å²) in [5.41, 5.74) is 1.89. The Kier molecular flexibility index (Phi) is 3.22. The van der Waals surface area contributed by atoms with Crippen molar-refractivity contribution in [3.63, 3.8) is 0 Å². The van der Waals surface area contributed by atoms with E-state index in [0.717, 1.165) is 41.7 Å². The van der Waals surface area contributed by atoms with Crippen LogP contribution in [0.25, 0.3) is 5.65 Å². The number of fused-ring (bicyclic) bond motifs is 1. The molecule has 1 N–H and O–H groups in total. The minimum Gasteiger partial charge on any atom is -0.312 e. The molecule has 0 aromatic carbocycles. The van der Waals surface area contributed by atoms with Crippen molar-refractivity contribution >= 4 is 17.4 Å². The van der Waals surface area contributed by atoms with Gasteiger partial charge in [0.1, 0.15) is 11.6 Å². The predicted octanol–water partition coefficient (Wildman–Crippen LogP) is 0.989. The molecule has 18 heavy (non-hydrogen) atoms. The molecule has 0 amide bonds. The van der Waals surface area contributed by atoms with E-state index < -0.39 is 0 Å². The highest BCUT2D eigenvalue weighted by atomic mass is 32.2. The van der Waals surface area contributed by atoms with Gasteiger partial charge in [-0.2, -0.15) is 11.8 Å². The lowest BCUT2D eigenvalue weighted by Gasteiger charge is -2.22. The second-order valence-corrected chi connectivity index (χ2v) is 5.83. The standard InChI is InChI=1S/C12H17N5S/c1-8-5-11-15-16-12(17(11)9(2)14-8)6-10-7-18-4-3-13-10/h5,10,13H,3-4,6-7H2,1-2H3. The second kappa shape index (κ2) is 4.85. The average molecular weight is 263 g/mol. The first-order valence-corrected chi connectivity index (χ1v) is 7.39. The number of nitrogens with one attached hydrogen (secondary N) is 1. The summed E-state index contributed by atoms with van der Waals surface area (Å²) in [4.78, 5) is 4.49. The van der Waals surface area contributed by atoms with Crippen molar-refractivity contribution in [3.8, 4) is 0 Å². The van der Waals surface area contributed by atoms with Crippen molar-refractivity contribution in [1.82, 2.24) is 24.9 Å². The van der Waals surface area contributed by atoms with E-state index in [1.165, 1.54) is 5.75 Å². The van der Waals surface area contributed by atoms with Gasteiger partial charge in [0.25, 0.3) is 0 Å². The van der Waals surface area contributed by atoms with E-state index in [0.29, 0.717) is 6.04 Å². The number of hydrogen-bond acceptors (Lipinski definition) is 5. The molecule has 1 aliphatic rings. The normalized spacial score (nSPS) is 20.4. The zero-order chi connectivity index (χ0) is 12.5. The maximum atomic E-state index is 4.49. The molecule has 2 aromatic rings. The summed E-state index contributed by atoms with van der Waals surface area (Å²) < 4.78 is 2.06. The van der Waals surface area contributed by atoms with Gasteiger partial charge in [0, 0.05) is 42.3 Å². The zero-order valence-electron chi connectivity index (χ0n) is 10.7. The summed E-state index contributed by atoms with van der Waals surface area (Å²) >= 11 is 2.00. The maximum absolute atomic E-state index is 4.49. The summed E-state index contributed by atoms with van der Waals surface area (Å²) in [5.74, 6) is 4.33. The molecule has 2 aromatic heterocycles. The van der Waals surface area contributed by atoms with Gasteiger partial charge < -0.3 is 5.32 Å². The molecule has 3 heterocycles. The molecule has 1 unspecified atom stereocenters. The molecule has 1 atom stereocenters. The lowest BCUT2D eigenvalue weighted by Crippen LogP contribution is -2.39. The fourth-order valence-corrected chi connectivity index (χ4v) is 3.35. The van der Waals surface area contributed by atoms with Crippen LogP contribution >= 0.6 is 11.8 Å². The first kappa shape index (κ1) is 11.9. The lowest BCUT2D eigenvalue weighted by molar-refractivity contribution is 0.546. The van der Waals surface area contributed by atoms with Crippen LogP contribution in [0.15, 0.2) is 6.07 Å². The van der Waals surface area contributed by atoms with Crippen LogP contribution in [0, 0.1) is 13.8 Å². The van der Waals surface area contributed by atoms with E-state index in [9.17, 15) is 0 Å². The highest BCUT2D eigenvalue weighted by Crippen LogP contribution is 2.14. The van der Waals surface area contributed by atoms with Gasteiger partial charge in [-0.25, -0.2) is 4.98 Å². The third-order valence-electron chi connectivity index (χ3n) is 3.18. The number of thioether (sulfide) groups is 1. The van der Waals surface area contributed by atoms with Crippen molar-refractivity contribution in [2.45, 2.75) is 26.3 Å². The molecule has 5 nitrogen and oxygen atoms in total. The number of aryl methyl sites for hydroxylation is 2. The Bertz CT molecular complexity index is 559. The molecule has 6 heteroatoms. The Morgan fingerprint density at radius 3 is 3.11 bits per heavy atom. The van der Waals surface area contributed by atoms with Crippen molar-refractivity contribution in [2.75, 3.05) is 18.1 Å². The van der Waals surface area contributed by atoms with Crippen LogP contribution in [0.1, 0.15) is 17.3 Å². The van der Waals surface area contributed by atoms with Crippen molar-refractivity contribution in [2.24, 2.45) is 0 Å². The fraction of sp³-hybridized carbons (Fsp3) is 0.583. The minimum atomic E-state index is 0.497. The molecule has 1 fully saturated rings. The molecule has 1 aliphatic heterocycles. The van der Waals surface area contributed by atoms with Crippen molar-refractivity contribution in [3.05, 3.63) is 23.4 Å². The fourth-order valence-electron chi connectivity index (χ4n) is 2.40. The molecule has 96 valence electrons. The van der Waals surface area contributed by atoms with E-state index in [1.807, 2.05) is 31.7 Å².